The van der Waals surface area contributed by atoms with Gasteiger partial charge in [-0.25, -0.2) is 8.78 Å². The van der Waals surface area contributed by atoms with E-state index in [-0.39, 0.29) is 17.3 Å². The Balaban J connectivity index is 1.77. The molecular formula is C19H19F2N3O2S. The summed E-state index contributed by atoms with van der Waals surface area (Å²) in [6.45, 7) is 0. The second-order valence-electron chi connectivity index (χ2n) is 6.33. The van der Waals surface area contributed by atoms with Crippen LogP contribution in [-0.4, -0.2) is 48.5 Å². The van der Waals surface area contributed by atoms with Crippen molar-refractivity contribution in [3.05, 3.63) is 59.7 Å². The molecule has 0 radical (unpaired) electrons. The molecular weight excluding hydrogens is 372 g/mol. The van der Waals surface area contributed by atoms with E-state index in [4.69, 9.17) is 0 Å². The summed E-state index contributed by atoms with van der Waals surface area (Å²) in [6, 6.07) is 10.1. The molecule has 1 aliphatic rings. The van der Waals surface area contributed by atoms with Crippen LogP contribution >= 0.6 is 11.8 Å². The first-order valence-electron chi connectivity index (χ1n) is 8.29. The van der Waals surface area contributed by atoms with Crippen molar-refractivity contribution in [2.24, 2.45) is 0 Å². The van der Waals surface area contributed by atoms with Crippen molar-refractivity contribution < 1.29 is 18.4 Å². The molecule has 1 fully saturated rings. The van der Waals surface area contributed by atoms with Crippen LogP contribution in [0.5, 0.6) is 0 Å². The average Bonchev–Trinajstić information content (AvgIpc) is 3.10. The molecule has 27 heavy (non-hydrogen) atoms. The highest BCUT2D eigenvalue weighted by atomic mass is 32.2. The maximum absolute atomic E-state index is 14.1. The molecule has 1 aliphatic heterocycles. The minimum Gasteiger partial charge on any atom is -0.373 e. The van der Waals surface area contributed by atoms with E-state index in [1.807, 2.05) is 0 Å². The fraction of sp³-hybridized carbons (Fsp3) is 0.263. The van der Waals surface area contributed by atoms with Crippen LogP contribution in [0.4, 0.5) is 20.2 Å². The van der Waals surface area contributed by atoms with Gasteiger partial charge in [0.15, 0.2) is 11.6 Å². The van der Waals surface area contributed by atoms with E-state index >= 15 is 0 Å². The van der Waals surface area contributed by atoms with Gasteiger partial charge in [-0.3, -0.25) is 9.59 Å². The van der Waals surface area contributed by atoms with Gasteiger partial charge in [0.05, 0.1) is 5.88 Å². The first-order chi connectivity index (χ1) is 12.9. The van der Waals surface area contributed by atoms with Gasteiger partial charge in [-0.2, -0.15) is 0 Å². The lowest BCUT2D eigenvalue weighted by molar-refractivity contribution is -0.119. The van der Waals surface area contributed by atoms with Crippen molar-refractivity contribution in [3.63, 3.8) is 0 Å². The highest BCUT2D eigenvalue weighted by Gasteiger charge is 2.35. The van der Waals surface area contributed by atoms with Gasteiger partial charge < -0.3 is 15.1 Å². The van der Waals surface area contributed by atoms with Crippen LogP contribution < -0.4 is 10.2 Å². The molecule has 0 spiro atoms. The number of anilines is 2. The number of halogens is 2. The Morgan fingerprint density at radius 2 is 1.78 bits per heavy atom. The minimum atomic E-state index is -0.770. The molecule has 1 N–H and O–H groups in total. The lowest BCUT2D eigenvalue weighted by Crippen LogP contribution is -2.44. The van der Waals surface area contributed by atoms with Crippen LogP contribution in [0, 0.1) is 11.6 Å². The van der Waals surface area contributed by atoms with E-state index in [1.54, 1.807) is 30.3 Å². The highest BCUT2D eigenvalue weighted by molar-refractivity contribution is 7.99. The number of rotatable bonds is 4. The van der Waals surface area contributed by atoms with Gasteiger partial charge in [0.25, 0.3) is 5.91 Å². The number of nitrogens with zero attached hydrogens (tertiary/aromatic N) is 2. The summed E-state index contributed by atoms with van der Waals surface area (Å²) in [5, 5.41) is 2.52. The number of amides is 2. The van der Waals surface area contributed by atoms with Gasteiger partial charge in [0.1, 0.15) is 11.7 Å². The molecule has 2 aromatic rings. The molecule has 1 atom stereocenters. The molecule has 5 nitrogen and oxygen atoms in total. The fourth-order valence-electron chi connectivity index (χ4n) is 2.90. The van der Waals surface area contributed by atoms with E-state index in [9.17, 15) is 18.4 Å². The number of nitrogens with one attached hydrogen (secondary N) is 1. The van der Waals surface area contributed by atoms with Crippen molar-refractivity contribution in [1.29, 1.82) is 0 Å². The summed E-state index contributed by atoms with van der Waals surface area (Å²) in [4.78, 5) is 28.1. The second-order valence-corrected chi connectivity index (χ2v) is 7.33. The van der Waals surface area contributed by atoms with Gasteiger partial charge >= 0.3 is 0 Å². The first-order valence-corrected chi connectivity index (χ1v) is 9.45. The van der Waals surface area contributed by atoms with Crippen molar-refractivity contribution in [2.45, 2.75) is 6.04 Å². The molecule has 0 unspecified atom stereocenters. The normalized spacial score (nSPS) is 16.3. The van der Waals surface area contributed by atoms with Crippen molar-refractivity contribution in [2.75, 3.05) is 35.9 Å². The van der Waals surface area contributed by atoms with E-state index in [0.29, 0.717) is 17.2 Å². The zero-order chi connectivity index (χ0) is 19.6. The van der Waals surface area contributed by atoms with E-state index in [1.165, 1.54) is 35.7 Å². The van der Waals surface area contributed by atoms with Crippen molar-refractivity contribution >= 4 is 35.0 Å². The van der Waals surface area contributed by atoms with E-state index in [2.05, 4.69) is 5.32 Å². The third kappa shape index (κ3) is 4.05. The summed E-state index contributed by atoms with van der Waals surface area (Å²) < 4.78 is 28.2. The standard InChI is InChI=1S/C19H19F2N3O2S/c1-23(2)17-14(20)8-13(9-15(17)21)22-18(25)16-10-27-11-24(16)19(26)12-6-4-3-5-7-12/h3-9,16H,10-11H2,1-2H3,(H,22,25)/t16-/m0/s1. The van der Waals surface area contributed by atoms with E-state index < -0.39 is 23.6 Å². The van der Waals surface area contributed by atoms with Crippen LogP contribution in [-0.2, 0) is 4.79 Å². The molecule has 0 aromatic heterocycles. The van der Waals surface area contributed by atoms with Gasteiger partial charge in [-0.05, 0) is 24.3 Å². The summed E-state index contributed by atoms with van der Waals surface area (Å²) in [5.41, 5.74) is 0.333. The van der Waals surface area contributed by atoms with Crippen LogP contribution in [0.2, 0.25) is 0 Å². The third-order valence-corrected chi connectivity index (χ3v) is 5.21. The molecule has 1 saturated heterocycles. The smallest absolute Gasteiger partial charge is 0.255 e. The highest BCUT2D eigenvalue weighted by Crippen LogP contribution is 2.27. The van der Waals surface area contributed by atoms with Crippen LogP contribution in [0.3, 0.4) is 0 Å². The SMILES string of the molecule is CN(C)c1c(F)cc(NC(=O)[C@@H]2CSCN2C(=O)c2ccccc2)cc1F. The van der Waals surface area contributed by atoms with Crippen LogP contribution in [0.25, 0.3) is 0 Å². The first kappa shape index (κ1) is 19.2. The topological polar surface area (TPSA) is 52.7 Å². The quantitative estimate of drug-likeness (QED) is 0.870. The summed E-state index contributed by atoms with van der Waals surface area (Å²) in [5.74, 6) is -1.46. The Labute approximate surface area is 160 Å². The Morgan fingerprint density at radius 3 is 2.37 bits per heavy atom. The summed E-state index contributed by atoms with van der Waals surface area (Å²) in [6.07, 6.45) is 0. The van der Waals surface area contributed by atoms with E-state index in [0.717, 1.165) is 12.1 Å². The zero-order valence-corrected chi connectivity index (χ0v) is 15.7. The Hall–Kier alpha value is -2.61. The van der Waals surface area contributed by atoms with Gasteiger partial charge in [-0.15, -0.1) is 11.8 Å². The molecule has 1 heterocycles. The van der Waals surface area contributed by atoms with Gasteiger partial charge in [-0.1, -0.05) is 18.2 Å². The minimum absolute atomic E-state index is 0.0182. The van der Waals surface area contributed by atoms with Crippen molar-refractivity contribution in [1.82, 2.24) is 4.90 Å². The van der Waals surface area contributed by atoms with Gasteiger partial charge in [0, 0.05) is 31.1 Å². The number of benzene rings is 2. The summed E-state index contributed by atoms with van der Waals surface area (Å²) in [7, 11) is 3.06. The lowest BCUT2D eigenvalue weighted by atomic mass is 10.1. The maximum atomic E-state index is 14.1. The van der Waals surface area contributed by atoms with Crippen LogP contribution in [0.1, 0.15) is 10.4 Å². The summed E-state index contributed by atoms with van der Waals surface area (Å²) >= 11 is 1.45. The third-order valence-electron chi connectivity index (χ3n) is 4.20. The molecule has 2 aromatic carbocycles. The largest absolute Gasteiger partial charge is 0.373 e. The molecule has 142 valence electrons. The molecule has 0 bridgehead atoms. The predicted octanol–water partition coefficient (Wildman–Crippen LogP) is 3.18. The fourth-order valence-corrected chi connectivity index (χ4v) is 4.05. The lowest BCUT2D eigenvalue weighted by Gasteiger charge is -2.23. The number of thioether (sulfide) groups is 1. The Kier molecular flexibility index (Phi) is 5.65. The van der Waals surface area contributed by atoms with Crippen molar-refractivity contribution in [3.8, 4) is 0 Å². The van der Waals surface area contributed by atoms with Crippen LogP contribution in [0.15, 0.2) is 42.5 Å². The maximum Gasteiger partial charge on any atom is 0.255 e. The molecule has 0 saturated carbocycles. The molecule has 0 aliphatic carbocycles. The predicted molar refractivity (Wildman–Crippen MR) is 103 cm³/mol. The number of carbonyl (C=O) groups is 2. The number of hydrogen-bond acceptors (Lipinski definition) is 4. The molecule has 3 rings (SSSR count). The monoisotopic (exact) mass is 391 g/mol. The second kappa shape index (κ2) is 7.96. The molecule has 2 amide bonds. The van der Waals surface area contributed by atoms with Gasteiger partial charge in [0.2, 0.25) is 5.91 Å². The number of carbonyl (C=O) groups excluding carboxylic acids is 2. The Morgan fingerprint density at radius 1 is 1.15 bits per heavy atom. The molecule has 8 heteroatoms. The zero-order valence-electron chi connectivity index (χ0n) is 14.9. The average molecular weight is 391 g/mol. The number of hydrogen-bond donors (Lipinski definition) is 1. The Bertz CT molecular complexity index is 838.